The van der Waals surface area contributed by atoms with Crippen LogP contribution in [0.25, 0.3) is 22.0 Å². The number of carbonyl (C=O) groups excluding carboxylic acids is 3. The predicted molar refractivity (Wildman–Crippen MR) is 175 cm³/mol. The summed E-state index contributed by atoms with van der Waals surface area (Å²) < 4.78 is 2.19. The van der Waals surface area contributed by atoms with Gasteiger partial charge in [-0.25, -0.2) is 15.0 Å². The number of hydrogen-bond acceptors (Lipinski definition) is 8. The topological polar surface area (TPSA) is 135 Å². The van der Waals surface area contributed by atoms with Crippen LogP contribution in [-0.2, 0) is 16.1 Å². The van der Waals surface area contributed by atoms with Gasteiger partial charge >= 0.3 is 0 Å². The fourth-order valence-corrected chi connectivity index (χ4v) is 6.54. The number of rotatable bonds is 8. The number of likely N-dealkylation sites (tertiary alicyclic amines) is 1. The van der Waals surface area contributed by atoms with E-state index in [0.29, 0.717) is 40.1 Å². The highest BCUT2D eigenvalue weighted by Gasteiger charge is 2.67. The summed E-state index contributed by atoms with van der Waals surface area (Å²) in [6.45, 7) is 12.1. The molecule has 45 heavy (non-hydrogen) atoms. The molecule has 0 spiro atoms. The molecule has 2 fully saturated rings. The minimum atomic E-state index is -0.666. The number of ketones is 1. The van der Waals surface area contributed by atoms with Gasteiger partial charge in [-0.1, -0.05) is 12.1 Å². The normalized spacial score (nSPS) is 20.7. The number of hydrogen-bond donors (Lipinski definition) is 2. The summed E-state index contributed by atoms with van der Waals surface area (Å²) in [6, 6.07) is 8.62. The molecule has 0 bridgehead atoms. The first kappa shape index (κ1) is 31.0. The van der Waals surface area contributed by atoms with Crippen molar-refractivity contribution in [1.82, 2.24) is 34.9 Å². The third-order valence-corrected chi connectivity index (χ3v) is 9.21. The number of amides is 2. The molecule has 1 aromatic carbocycles. The molecule has 4 aromatic rings. The minimum absolute atomic E-state index is 0.0746. The first-order valence-corrected chi connectivity index (χ1v) is 15.8. The zero-order valence-electron chi connectivity index (χ0n) is 26.3. The van der Waals surface area contributed by atoms with E-state index in [1.165, 1.54) is 6.92 Å². The number of carbonyl (C=O) groups is 3. The van der Waals surface area contributed by atoms with E-state index in [0.717, 1.165) is 23.1 Å². The van der Waals surface area contributed by atoms with Gasteiger partial charge in [0.25, 0.3) is 0 Å². The number of fused-ring (bicyclic) bond motifs is 2. The number of halogens is 1. The molecule has 234 valence electrons. The van der Waals surface area contributed by atoms with E-state index in [2.05, 4.69) is 67.4 Å². The summed E-state index contributed by atoms with van der Waals surface area (Å²) in [5, 5.41) is 11.8. The van der Waals surface area contributed by atoms with Gasteiger partial charge in [-0.05, 0) is 92.7 Å². The summed E-state index contributed by atoms with van der Waals surface area (Å²) in [5.41, 5.74) is 3.15. The van der Waals surface area contributed by atoms with E-state index in [-0.39, 0.29) is 46.8 Å². The lowest BCUT2D eigenvalue weighted by atomic mass is 9.97. The molecular formula is C33H37BrN8O3. The van der Waals surface area contributed by atoms with Crippen LogP contribution in [-0.4, -0.2) is 71.4 Å². The van der Waals surface area contributed by atoms with Gasteiger partial charge in [0.05, 0.1) is 5.52 Å². The number of pyridine rings is 1. The molecule has 3 atom stereocenters. The number of piperidine rings is 1. The number of Topliss-reactive ketones (excluding diaryl/α,β-unsaturated/α-hetero) is 1. The Labute approximate surface area is 270 Å². The van der Waals surface area contributed by atoms with Crippen molar-refractivity contribution in [3.8, 4) is 11.1 Å². The van der Waals surface area contributed by atoms with E-state index < -0.39 is 6.04 Å². The molecule has 1 aliphatic carbocycles. The summed E-state index contributed by atoms with van der Waals surface area (Å²) in [4.78, 5) is 55.4. The van der Waals surface area contributed by atoms with Gasteiger partial charge < -0.3 is 15.5 Å². The smallest absolute Gasteiger partial charge is 0.248 e. The molecule has 2 aliphatic rings. The van der Waals surface area contributed by atoms with Crippen LogP contribution >= 0.6 is 15.9 Å². The highest BCUT2D eigenvalue weighted by molar-refractivity contribution is 9.10. The molecule has 1 saturated heterocycles. The molecule has 0 radical (unpaired) electrons. The Balaban J connectivity index is 1.31. The Morgan fingerprint density at radius 3 is 2.47 bits per heavy atom. The average Bonchev–Trinajstić information content (AvgIpc) is 3.40. The number of nitrogens with one attached hydrogen (secondary N) is 2. The molecule has 2 N–H and O–H groups in total. The number of nitrogens with zero attached hydrogens (tertiary/aromatic N) is 6. The SMILES string of the molecule is CC(=O)c1nn(CC(=O)N2[C@H](C(=O)Nc3nc(Br)ccc3C)C[C@@]3(CNC(C)(C)C)C[C@@H]23)c2ccc(-c3cnc(C)nc3)cc12. The van der Waals surface area contributed by atoms with E-state index in [1.54, 1.807) is 22.0 Å². The average molecular weight is 674 g/mol. The number of aryl methyl sites for hydroxylation is 2. The second kappa shape index (κ2) is 11.4. The van der Waals surface area contributed by atoms with Gasteiger partial charge in [-0.2, -0.15) is 5.10 Å². The maximum absolute atomic E-state index is 14.2. The molecule has 1 aliphatic heterocycles. The summed E-state index contributed by atoms with van der Waals surface area (Å²) in [7, 11) is 0. The number of aromatic nitrogens is 5. The lowest BCUT2D eigenvalue weighted by molar-refractivity contribution is -0.138. The standard InChI is InChI=1S/C33H37BrN8O3/c1-18-7-10-27(34)38-30(18)39-31(45)25-12-33(17-37-32(4,5)6)13-26(33)42(25)28(44)16-41-24-9-8-21(22-14-35-20(3)36-15-22)11-23(24)29(40-41)19(2)43/h7-11,14-15,25-26,37H,12-13,16-17H2,1-6H3,(H,38,39,45)/t25-,26+,33-/m0/s1. The fourth-order valence-electron chi connectivity index (χ4n) is 6.23. The molecule has 2 amide bonds. The van der Waals surface area contributed by atoms with Gasteiger partial charge in [-0.3, -0.25) is 19.1 Å². The monoisotopic (exact) mass is 672 g/mol. The van der Waals surface area contributed by atoms with Crippen LogP contribution < -0.4 is 10.6 Å². The van der Waals surface area contributed by atoms with Crippen LogP contribution in [0.5, 0.6) is 0 Å². The van der Waals surface area contributed by atoms with Crippen molar-refractivity contribution in [2.24, 2.45) is 5.41 Å². The maximum Gasteiger partial charge on any atom is 0.248 e. The second-order valence-corrected chi connectivity index (χ2v) is 14.1. The second-order valence-electron chi connectivity index (χ2n) is 13.3. The van der Waals surface area contributed by atoms with Crippen molar-refractivity contribution >= 4 is 50.2 Å². The highest BCUT2D eigenvalue weighted by atomic mass is 79.9. The molecule has 12 heteroatoms. The Hall–Kier alpha value is -4.03. The van der Waals surface area contributed by atoms with Crippen LogP contribution in [0.3, 0.4) is 0 Å². The molecular weight excluding hydrogens is 636 g/mol. The van der Waals surface area contributed by atoms with Crippen molar-refractivity contribution < 1.29 is 14.4 Å². The van der Waals surface area contributed by atoms with E-state index >= 15 is 0 Å². The number of anilines is 1. The highest BCUT2D eigenvalue weighted by Crippen LogP contribution is 2.59. The van der Waals surface area contributed by atoms with Gasteiger partial charge in [0.2, 0.25) is 11.8 Å². The Bertz CT molecular complexity index is 1830. The fraction of sp³-hybridized carbons (Fsp3) is 0.424. The zero-order valence-corrected chi connectivity index (χ0v) is 27.9. The van der Waals surface area contributed by atoms with Crippen LogP contribution in [0, 0.1) is 19.3 Å². The summed E-state index contributed by atoms with van der Waals surface area (Å²) in [6.07, 6.45) is 4.85. The molecule has 6 rings (SSSR count). The zero-order chi connectivity index (χ0) is 32.3. The van der Waals surface area contributed by atoms with Crippen molar-refractivity contribution in [2.45, 2.75) is 78.6 Å². The molecule has 11 nitrogen and oxygen atoms in total. The van der Waals surface area contributed by atoms with Crippen molar-refractivity contribution in [3.63, 3.8) is 0 Å². The third-order valence-electron chi connectivity index (χ3n) is 8.77. The molecule has 0 unspecified atom stereocenters. The van der Waals surface area contributed by atoms with Crippen LogP contribution in [0.4, 0.5) is 5.82 Å². The first-order valence-electron chi connectivity index (χ1n) is 15.1. The Kier molecular flexibility index (Phi) is 7.85. The summed E-state index contributed by atoms with van der Waals surface area (Å²) >= 11 is 3.38. The van der Waals surface area contributed by atoms with Gasteiger partial charge in [0, 0.05) is 53.8 Å². The predicted octanol–water partition coefficient (Wildman–Crippen LogP) is 4.86. The van der Waals surface area contributed by atoms with Crippen molar-refractivity contribution in [3.05, 3.63) is 64.4 Å². The first-order chi connectivity index (χ1) is 21.2. The number of benzene rings is 1. The summed E-state index contributed by atoms with van der Waals surface area (Å²) in [5.74, 6) is 0.446. The van der Waals surface area contributed by atoms with Gasteiger partial charge in [-0.15, -0.1) is 0 Å². The molecule has 3 aromatic heterocycles. The Morgan fingerprint density at radius 1 is 1.04 bits per heavy atom. The van der Waals surface area contributed by atoms with Crippen LogP contribution in [0.2, 0.25) is 0 Å². The van der Waals surface area contributed by atoms with Gasteiger partial charge in [0.15, 0.2) is 5.78 Å². The van der Waals surface area contributed by atoms with Crippen molar-refractivity contribution in [1.29, 1.82) is 0 Å². The Morgan fingerprint density at radius 2 is 1.78 bits per heavy atom. The molecule has 1 saturated carbocycles. The third kappa shape index (κ3) is 6.13. The van der Waals surface area contributed by atoms with E-state index in [4.69, 9.17) is 0 Å². The quantitative estimate of drug-likeness (QED) is 0.200. The van der Waals surface area contributed by atoms with Crippen LogP contribution in [0.15, 0.2) is 47.3 Å². The largest absolute Gasteiger partial charge is 0.325 e. The molecule has 4 heterocycles. The minimum Gasteiger partial charge on any atom is -0.325 e. The van der Waals surface area contributed by atoms with E-state index in [1.807, 2.05) is 44.2 Å². The lowest BCUT2D eigenvalue weighted by Crippen LogP contribution is -2.47. The lowest BCUT2D eigenvalue weighted by Gasteiger charge is -2.27. The van der Waals surface area contributed by atoms with E-state index in [9.17, 15) is 14.4 Å². The van der Waals surface area contributed by atoms with Crippen molar-refractivity contribution in [2.75, 3.05) is 11.9 Å². The van der Waals surface area contributed by atoms with Gasteiger partial charge in [0.1, 0.15) is 34.5 Å². The maximum atomic E-state index is 14.2. The van der Waals surface area contributed by atoms with Crippen LogP contribution in [0.1, 0.15) is 62.4 Å².